The lowest BCUT2D eigenvalue weighted by molar-refractivity contribution is -0.131. The standard InChI is InChI=1S/C41H47NO6/c1-29-18-17-23-33(26-29)34-28-37(47-36(34)24-15-7-5-3-4-6-8-16-25-43)38(44)35(27-31-19-11-9-12-20-31)40(45)42-30(2)39(48-41(42)46)32-21-13-10-14-22-32/h9-14,17-23,26,28,30,35,39,43H,3-8,15-16,24-25,27H2,1-2H3/t30-,35+,39-/m1/s1. The number of unbranched alkanes of at least 4 members (excludes halogenated alkanes) is 7. The second-order valence-corrected chi connectivity index (χ2v) is 12.9. The molecule has 7 nitrogen and oxygen atoms in total. The summed E-state index contributed by atoms with van der Waals surface area (Å²) in [7, 11) is 0. The van der Waals surface area contributed by atoms with Gasteiger partial charge >= 0.3 is 6.09 Å². The average Bonchev–Trinajstić information content (AvgIpc) is 3.66. The van der Waals surface area contributed by atoms with Crippen LogP contribution in [0.5, 0.6) is 0 Å². The van der Waals surface area contributed by atoms with E-state index in [1.165, 1.54) is 6.42 Å². The molecular formula is C41H47NO6. The number of benzene rings is 3. The molecule has 3 atom stereocenters. The molecule has 0 spiro atoms. The summed E-state index contributed by atoms with van der Waals surface area (Å²) >= 11 is 0. The van der Waals surface area contributed by atoms with Crippen molar-refractivity contribution in [3.8, 4) is 11.1 Å². The minimum absolute atomic E-state index is 0.124. The van der Waals surface area contributed by atoms with Gasteiger partial charge in [-0.1, -0.05) is 129 Å². The molecule has 1 saturated heterocycles. The Bertz CT molecular complexity index is 1650. The van der Waals surface area contributed by atoms with E-state index in [4.69, 9.17) is 14.3 Å². The molecule has 0 aliphatic carbocycles. The third-order valence-corrected chi connectivity index (χ3v) is 9.23. The number of amides is 2. The third-order valence-electron chi connectivity index (χ3n) is 9.23. The van der Waals surface area contributed by atoms with Gasteiger partial charge in [0.1, 0.15) is 17.8 Å². The van der Waals surface area contributed by atoms with E-state index >= 15 is 0 Å². The molecule has 1 aliphatic heterocycles. The van der Waals surface area contributed by atoms with E-state index in [1.54, 1.807) is 13.0 Å². The normalized spacial score (nSPS) is 16.6. The number of carbonyl (C=O) groups excluding carboxylic acids is 3. The Kier molecular flexibility index (Phi) is 12.4. The van der Waals surface area contributed by atoms with Crippen LogP contribution in [0, 0.1) is 12.8 Å². The Morgan fingerprint density at radius 2 is 1.46 bits per heavy atom. The lowest BCUT2D eigenvalue weighted by Gasteiger charge is -2.23. The maximum absolute atomic E-state index is 14.4. The van der Waals surface area contributed by atoms with E-state index in [0.717, 1.165) is 83.4 Å². The van der Waals surface area contributed by atoms with Gasteiger partial charge in [0.2, 0.25) is 11.7 Å². The van der Waals surface area contributed by atoms with Crippen LogP contribution in [0.3, 0.4) is 0 Å². The molecule has 0 radical (unpaired) electrons. The van der Waals surface area contributed by atoms with Crippen LogP contribution >= 0.6 is 0 Å². The number of aliphatic hydroxyl groups is 1. The minimum atomic E-state index is -1.17. The number of furan rings is 1. The fourth-order valence-corrected chi connectivity index (χ4v) is 6.58. The molecule has 2 heterocycles. The summed E-state index contributed by atoms with van der Waals surface area (Å²) in [6, 6.07) is 28.0. The van der Waals surface area contributed by atoms with E-state index in [0.29, 0.717) is 6.42 Å². The molecule has 1 N–H and O–H groups in total. The highest BCUT2D eigenvalue weighted by Gasteiger charge is 2.47. The summed E-state index contributed by atoms with van der Waals surface area (Å²) in [5, 5.41) is 8.98. The Hall–Kier alpha value is -4.49. The number of imide groups is 1. The van der Waals surface area contributed by atoms with Crippen LogP contribution in [0.2, 0.25) is 0 Å². The van der Waals surface area contributed by atoms with Gasteiger partial charge in [0.15, 0.2) is 5.76 Å². The van der Waals surface area contributed by atoms with Gasteiger partial charge in [-0.3, -0.25) is 9.59 Å². The quantitative estimate of drug-likeness (QED) is 0.0696. The number of aliphatic hydroxyl groups excluding tert-OH is 1. The van der Waals surface area contributed by atoms with Crippen molar-refractivity contribution in [2.45, 2.75) is 90.2 Å². The number of hydrogen-bond donors (Lipinski definition) is 1. The second-order valence-electron chi connectivity index (χ2n) is 12.9. The lowest BCUT2D eigenvalue weighted by atomic mass is 9.91. The molecule has 2 amide bonds. The van der Waals surface area contributed by atoms with Gasteiger partial charge in [0.25, 0.3) is 0 Å². The Morgan fingerprint density at radius 1 is 0.812 bits per heavy atom. The van der Waals surface area contributed by atoms with E-state index in [2.05, 4.69) is 6.07 Å². The van der Waals surface area contributed by atoms with E-state index < -0.39 is 35.8 Å². The zero-order valence-electron chi connectivity index (χ0n) is 28.1. The Morgan fingerprint density at radius 3 is 2.12 bits per heavy atom. The molecule has 1 aliphatic rings. The highest BCUT2D eigenvalue weighted by molar-refractivity contribution is 6.12. The number of carbonyl (C=O) groups is 3. The maximum Gasteiger partial charge on any atom is 0.417 e. The number of rotatable bonds is 17. The van der Waals surface area contributed by atoms with Gasteiger partial charge in [0, 0.05) is 18.6 Å². The highest BCUT2D eigenvalue weighted by atomic mass is 16.6. The number of nitrogens with zero attached hydrogens (tertiary/aromatic N) is 1. The third kappa shape index (κ3) is 8.70. The summed E-state index contributed by atoms with van der Waals surface area (Å²) in [6.45, 7) is 4.07. The van der Waals surface area contributed by atoms with Crippen LogP contribution < -0.4 is 0 Å². The van der Waals surface area contributed by atoms with Crippen molar-refractivity contribution in [3.63, 3.8) is 0 Å². The van der Waals surface area contributed by atoms with Crippen LogP contribution in [0.4, 0.5) is 4.79 Å². The topological polar surface area (TPSA) is 97.1 Å². The van der Waals surface area contributed by atoms with Gasteiger partial charge in [-0.15, -0.1) is 0 Å². The SMILES string of the molecule is Cc1cccc(-c2cc(C(=O)[C@H](Cc3ccccc3)C(=O)N3C(=O)O[C@@H](c4ccccc4)[C@H]3C)oc2CCCCCCCCCCO)c1. The molecule has 0 unspecified atom stereocenters. The van der Waals surface area contributed by atoms with Gasteiger partial charge in [0.05, 0.1) is 6.04 Å². The highest BCUT2D eigenvalue weighted by Crippen LogP contribution is 2.36. The van der Waals surface area contributed by atoms with Gasteiger partial charge < -0.3 is 14.3 Å². The summed E-state index contributed by atoms with van der Waals surface area (Å²) < 4.78 is 12.0. The van der Waals surface area contributed by atoms with Crippen molar-refractivity contribution in [3.05, 3.63) is 119 Å². The first-order valence-corrected chi connectivity index (χ1v) is 17.3. The van der Waals surface area contributed by atoms with Crippen LogP contribution in [-0.4, -0.2) is 40.4 Å². The van der Waals surface area contributed by atoms with Crippen molar-refractivity contribution in [2.24, 2.45) is 5.92 Å². The Labute approximate surface area is 283 Å². The average molecular weight is 650 g/mol. The molecule has 0 bridgehead atoms. The maximum atomic E-state index is 14.4. The first-order valence-electron chi connectivity index (χ1n) is 17.3. The molecule has 0 saturated carbocycles. The largest absolute Gasteiger partial charge is 0.457 e. The number of ether oxygens (including phenoxy) is 1. The van der Waals surface area contributed by atoms with Crippen molar-refractivity contribution in [1.29, 1.82) is 0 Å². The minimum Gasteiger partial charge on any atom is -0.457 e. The fraction of sp³-hybridized carbons (Fsp3) is 0.390. The van der Waals surface area contributed by atoms with E-state index in [-0.39, 0.29) is 18.8 Å². The van der Waals surface area contributed by atoms with Gasteiger partial charge in [-0.2, -0.15) is 0 Å². The second kappa shape index (κ2) is 17.1. The lowest BCUT2D eigenvalue weighted by Crippen LogP contribution is -2.44. The number of Topliss-reactive ketones (excluding diaryl/α,β-unsaturated/α-hetero) is 1. The summed E-state index contributed by atoms with van der Waals surface area (Å²) in [4.78, 5) is 43.0. The van der Waals surface area contributed by atoms with Crippen LogP contribution in [0.1, 0.15) is 97.4 Å². The Balaban J connectivity index is 1.39. The van der Waals surface area contributed by atoms with Crippen molar-refractivity contribution in [1.82, 2.24) is 4.90 Å². The van der Waals surface area contributed by atoms with Crippen molar-refractivity contribution in [2.75, 3.05) is 6.61 Å². The summed E-state index contributed by atoms with van der Waals surface area (Å²) in [5.41, 5.74) is 4.52. The first-order chi connectivity index (χ1) is 23.4. The number of cyclic esters (lactones) is 1. The molecule has 1 aromatic heterocycles. The monoisotopic (exact) mass is 649 g/mol. The van der Waals surface area contributed by atoms with Crippen molar-refractivity contribution >= 4 is 17.8 Å². The van der Waals surface area contributed by atoms with Gasteiger partial charge in [-0.25, -0.2) is 9.69 Å². The predicted molar refractivity (Wildman–Crippen MR) is 187 cm³/mol. The summed E-state index contributed by atoms with van der Waals surface area (Å²) in [6.07, 6.45) is 7.91. The number of ketones is 1. The van der Waals surface area contributed by atoms with Gasteiger partial charge in [-0.05, 0) is 55.9 Å². The molecular weight excluding hydrogens is 602 g/mol. The number of hydrogen-bond acceptors (Lipinski definition) is 6. The van der Waals surface area contributed by atoms with Crippen molar-refractivity contribution < 1.29 is 28.6 Å². The molecule has 252 valence electrons. The zero-order valence-corrected chi connectivity index (χ0v) is 28.1. The molecule has 5 rings (SSSR count). The molecule has 7 heteroatoms. The zero-order chi connectivity index (χ0) is 33.9. The summed E-state index contributed by atoms with van der Waals surface area (Å²) in [5.74, 6) is -1.36. The van der Waals surface area contributed by atoms with E-state index in [9.17, 15) is 14.4 Å². The molecule has 4 aromatic rings. The van der Waals surface area contributed by atoms with Crippen LogP contribution in [0.25, 0.3) is 11.1 Å². The number of aryl methyl sites for hydroxylation is 2. The fourth-order valence-electron chi connectivity index (χ4n) is 6.58. The molecule has 1 fully saturated rings. The van der Waals surface area contributed by atoms with E-state index in [1.807, 2.05) is 85.8 Å². The molecule has 48 heavy (non-hydrogen) atoms. The smallest absolute Gasteiger partial charge is 0.417 e. The molecule has 3 aromatic carbocycles. The van der Waals surface area contributed by atoms with Crippen LogP contribution in [-0.2, 0) is 22.4 Å². The predicted octanol–water partition coefficient (Wildman–Crippen LogP) is 9.06. The first kappa shape index (κ1) is 34.8. The van der Waals surface area contributed by atoms with Crippen LogP contribution in [0.15, 0.2) is 95.4 Å².